The highest BCUT2D eigenvalue weighted by molar-refractivity contribution is 5.71. The summed E-state index contributed by atoms with van der Waals surface area (Å²) in [4.78, 5) is 12.2. The number of ether oxygens (including phenoxy) is 2. The first-order valence-electron chi connectivity index (χ1n) is 10.1. The van der Waals surface area contributed by atoms with E-state index in [1.54, 1.807) is 0 Å². The van der Waals surface area contributed by atoms with Gasteiger partial charge in [-0.25, -0.2) is 0 Å². The third kappa shape index (κ3) is 6.91. The molecule has 28 heavy (non-hydrogen) atoms. The Morgan fingerprint density at radius 3 is 2.61 bits per heavy atom. The average Bonchev–Trinajstić information content (AvgIpc) is 2.64. The van der Waals surface area contributed by atoms with Crippen molar-refractivity contribution in [3.05, 3.63) is 59.2 Å². The van der Waals surface area contributed by atoms with Crippen LogP contribution in [0.5, 0.6) is 5.75 Å². The van der Waals surface area contributed by atoms with E-state index < -0.39 is 0 Å². The maximum absolute atomic E-state index is 12.2. The number of esters is 1. The zero-order valence-electron chi connectivity index (χ0n) is 17.7. The van der Waals surface area contributed by atoms with Gasteiger partial charge in [-0.2, -0.15) is 0 Å². The van der Waals surface area contributed by atoms with E-state index >= 15 is 0 Å². The minimum atomic E-state index is -0.212. The van der Waals surface area contributed by atoms with E-state index in [0.29, 0.717) is 19.1 Å². The monoisotopic (exact) mass is 383 g/mol. The van der Waals surface area contributed by atoms with Gasteiger partial charge in [-0.15, -0.1) is 0 Å². The van der Waals surface area contributed by atoms with Crippen molar-refractivity contribution < 1.29 is 14.3 Å². The summed E-state index contributed by atoms with van der Waals surface area (Å²) in [6, 6.07) is 14.1. The smallest absolute Gasteiger partial charge is 0.308 e. The van der Waals surface area contributed by atoms with E-state index in [4.69, 9.17) is 9.47 Å². The van der Waals surface area contributed by atoms with Crippen LogP contribution in [0.4, 0.5) is 5.69 Å². The zero-order valence-corrected chi connectivity index (χ0v) is 17.7. The predicted octanol–water partition coefficient (Wildman–Crippen LogP) is 5.83. The summed E-state index contributed by atoms with van der Waals surface area (Å²) in [5.41, 5.74) is 4.36. The molecule has 0 saturated carbocycles. The molecule has 0 saturated heterocycles. The molecule has 0 bridgehead atoms. The molecule has 1 N–H and O–H groups in total. The summed E-state index contributed by atoms with van der Waals surface area (Å²) in [6.45, 7) is 11.4. The summed E-state index contributed by atoms with van der Waals surface area (Å²) < 4.78 is 11.1. The van der Waals surface area contributed by atoms with Crippen LogP contribution >= 0.6 is 0 Å². The fourth-order valence-corrected chi connectivity index (χ4v) is 2.95. The number of rotatable bonds is 10. The number of anilines is 1. The number of nitrogens with one attached hydrogen (secondary N) is 1. The second-order valence-electron chi connectivity index (χ2n) is 7.63. The fourth-order valence-electron chi connectivity index (χ4n) is 2.95. The highest BCUT2D eigenvalue weighted by atomic mass is 16.5. The quantitative estimate of drug-likeness (QED) is 0.524. The third-order valence-corrected chi connectivity index (χ3v) is 4.62. The molecule has 1 unspecified atom stereocenters. The standard InChI is InChI=1S/C24H33NO3/c1-6-27-24(26)16-23(25-22-14-18(4)10-11-19(22)5)20-8-7-9-21(15-20)28-13-12-17(2)3/h7-11,14-15,17,23,25H,6,12-13,16H2,1-5H3. The molecule has 0 radical (unpaired) electrons. The van der Waals surface area contributed by atoms with E-state index in [0.717, 1.165) is 29.0 Å². The second kappa shape index (κ2) is 10.7. The summed E-state index contributed by atoms with van der Waals surface area (Å²) >= 11 is 0. The van der Waals surface area contributed by atoms with Crippen molar-refractivity contribution in [2.24, 2.45) is 5.92 Å². The van der Waals surface area contributed by atoms with E-state index in [1.165, 1.54) is 5.56 Å². The van der Waals surface area contributed by atoms with Crippen molar-refractivity contribution in [3.63, 3.8) is 0 Å². The van der Waals surface area contributed by atoms with Crippen molar-refractivity contribution in [3.8, 4) is 5.75 Å². The third-order valence-electron chi connectivity index (χ3n) is 4.62. The van der Waals surface area contributed by atoms with E-state index in [-0.39, 0.29) is 18.4 Å². The Balaban J connectivity index is 2.23. The lowest BCUT2D eigenvalue weighted by Gasteiger charge is -2.22. The molecule has 1 atom stereocenters. The molecule has 4 nitrogen and oxygen atoms in total. The SMILES string of the molecule is CCOC(=O)CC(Nc1cc(C)ccc1C)c1cccc(OCCC(C)C)c1. The van der Waals surface area contributed by atoms with Crippen LogP contribution in [-0.4, -0.2) is 19.2 Å². The van der Waals surface area contributed by atoms with Crippen LogP contribution in [0, 0.1) is 19.8 Å². The highest BCUT2D eigenvalue weighted by Gasteiger charge is 2.18. The second-order valence-corrected chi connectivity index (χ2v) is 7.63. The van der Waals surface area contributed by atoms with Gasteiger partial charge in [-0.05, 0) is 68.0 Å². The molecule has 0 fully saturated rings. The van der Waals surface area contributed by atoms with Crippen LogP contribution in [0.25, 0.3) is 0 Å². The molecule has 0 amide bonds. The Hall–Kier alpha value is -2.49. The number of aryl methyl sites for hydroxylation is 2. The van der Waals surface area contributed by atoms with Gasteiger partial charge in [-0.1, -0.05) is 38.1 Å². The van der Waals surface area contributed by atoms with Crippen molar-refractivity contribution >= 4 is 11.7 Å². The molecule has 0 spiro atoms. The van der Waals surface area contributed by atoms with Crippen LogP contribution < -0.4 is 10.1 Å². The lowest BCUT2D eigenvalue weighted by atomic mass is 10.0. The van der Waals surface area contributed by atoms with Gasteiger partial charge in [0, 0.05) is 5.69 Å². The van der Waals surface area contributed by atoms with Crippen molar-refractivity contribution in [1.82, 2.24) is 0 Å². The van der Waals surface area contributed by atoms with Crippen LogP contribution in [-0.2, 0) is 9.53 Å². The first-order valence-corrected chi connectivity index (χ1v) is 10.1. The number of hydrogen-bond acceptors (Lipinski definition) is 4. The van der Waals surface area contributed by atoms with Crippen LogP contribution in [0.15, 0.2) is 42.5 Å². The van der Waals surface area contributed by atoms with Crippen molar-refractivity contribution in [2.45, 2.75) is 53.5 Å². The summed E-state index contributed by atoms with van der Waals surface area (Å²) in [7, 11) is 0. The molecule has 0 aromatic heterocycles. The molecule has 0 aliphatic heterocycles. The lowest BCUT2D eigenvalue weighted by Crippen LogP contribution is -2.18. The number of hydrogen-bond donors (Lipinski definition) is 1. The molecular weight excluding hydrogens is 350 g/mol. The van der Waals surface area contributed by atoms with E-state index in [9.17, 15) is 4.79 Å². The van der Waals surface area contributed by atoms with Gasteiger partial charge in [0.15, 0.2) is 0 Å². The van der Waals surface area contributed by atoms with Gasteiger partial charge < -0.3 is 14.8 Å². The summed E-state index contributed by atoms with van der Waals surface area (Å²) in [6.07, 6.45) is 1.27. The maximum atomic E-state index is 12.2. The van der Waals surface area contributed by atoms with Gasteiger partial charge in [-0.3, -0.25) is 4.79 Å². The van der Waals surface area contributed by atoms with Gasteiger partial charge in [0.1, 0.15) is 5.75 Å². The predicted molar refractivity (Wildman–Crippen MR) is 115 cm³/mol. The molecule has 4 heteroatoms. The summed E-state index contributed by atoms with van der Waals surface area (Å²) in [5, 5.41) is 3.54. The molecular formula is C24H33NO3. The zero-order chi connectivity index (χ0) is 20.5. The van der Waals surface area contributed by atoms with E-state index in [1.807, 2.05) is 31.2 Å². The van der Waals surface area contributed by atoms with Gasteiger partial charge in [0.05, 0.1) is 25.7 Å². The van der Waals surface area contributed by atoms with E-state index in [2.05, 4.69) is 51.2 Å². The molecule has 0 aliphatic carbocycles. The molecule has 0 aliphatic rings. The van der Waals surface area contributed by atoms with Crippen molar-refractivity contribution in [2.75, 3.05) is 18.5 Å². The lowest BCUT2D eigenvalue weighted by molar-refractivity contribution is -0.143. The topological polar surface area (TPSA) is 47.6 Å². The first kappa shape index (κ1) is 21.8. The molecule has 0 heterocycles. The Bertz CT molecular complexity index is 770. The largest absolute Gasteiger partial charge is 0.494 e. The number of carbonyl (C=O) groups excluding carboxylic acids is 1. The van der Waals surface area contributed by atoms with Crippen LogP contribution in [0.3, 0.4) is 0 Å². The molecule has 2 aromatic rings. The van der Waals surface area contributed by atoms with Crippen LogP contribution in [0.1, 0.15) is 56.3 Å². The minimum absolute atomic E-state index is 0.187. The Kier molecular flexibility index (Phi) is 8.37. The minimum Gasteiger partial charge on any atom is -0.494 e. The van der Waals surface area contributed by atoms with Crippen LogP contribution in [0.2, 0.25) is 0 Å². The normalized spacial score (nSPS) is 11.9. The molecule has 2 aromatic carbocycles. The molecule has 2 rings (SSSR count). The molecule has 152 valence electrons. The summed E-state index contributed by atoms with van der Waals surface area (Å²) in [5.74, 6) is 1.22. The average molecular weight is 384 g/mol. The fraction of sp³-hybridized carbons (Fsp3) is 0.458. The first-order chi connectivity index (χ1) is 13.4. The van der Waals surface area contributed by atoms with Gasteiger partial charge >= 0.3 is 5.97 Å². The Labute approximate surface area is 169 Å². The van der Waals surface area contributed by atoms with Crippen molar-refractivity contribution in [1.29, 1.82) is 0 Å². The van der Waals surface area contributed by atoms with Gasteiger partial charge in [0.2, 0.25) is 0 Å². The number of benzene rings is 2. The maximum Gasteiger partial charge on any atom is 0.308 e. The number of carbonyl (C=O) groups is 1. The van der Waals surface area contributed by atoms with Gasteiger partial charge in [0.25, 0.3) is 0 Å². The Morgan fingerprint density at radius 1 is 1.11 bits per heavy atom. The highest BCUT2D eigenvalue weighted by Crippen LogP contribution is 2.28. The Morgan fingerprint density at radius 2 is 1.89 bits per heavy atom.